The van der Waals surface area contributed by atoms with Crippen LogP contribution < -0.4 is 5.32 Å². The van der Waals surface area contributed by atoms with Gasteiger partial charge in [0.05, 0.1) is 5.56 Å². The molecular formula is C14H17F6N. The molecule has 0 aliphatic carbocycles. The quantitative estimate of drug-likeness (QED) is 0.721. The molecule has 0 spiro atoms. The Morgan fingerprint density at radius 3 is 2.19 bits per heavy atom. The van der Waals surface area contributed by atoms with Gasteiger partial charge < -0.3 is 5.32 Å². The average molecular weight is 313 g/mol. The van der Waals surface area contributed by atoms with Gasteiger partial charge in [-0.2, -0.15) is 26.3 Å². The fourth-order valence-electron chi connectivity index (χ4n) is 2.18. The predicted molar refractivity (Wildman–Crippen MR) is 67.8 cm³/mol. The summed E-state index contributed by atoms with van der Waals surface area (Å²) in [4.78, 5) is 0. The lowest BCUT2D eigenvalue weighted by molar-refractivity contribution is -0.139. The van der Waals surface area contributed by atoms with Crippen molar-refractivity contribution in [2.45, 2.75) is 44.6 Å². The van der Waals surface area contributed by atoms with Crippen molar-refractivity contribution in [3.05, 3.63) is 35.4 Å². The Labute approximate surface area is 119 Å². The molecule has 21 heavy (non-hydrogen) atoms. The van der Waals surface area contributed by atoms with Gasteiger partial charge in [0, 0.05) is 12.5 Å². The van der Waals surface area contributed by atoms with Crippen LogP contribution in [0.15, 0.2) is 24.3 Å². The molecule has 120 valence electrons. The number of alkyl halides is 6. The third kappa shape index (κ3) is 5.95. The van der Waals surface area contributed by atoms with Crippen molar-refractivity contribution >= 4 is 0 Å². The van der Waals surface area contributed by atoms with Crippen LogP contribution in [-0.2, 0) is 6.18 Å². The Balaban J connectivity index is 2.90. The summed E-state index contributed by atoms with van der Waals surface area (Å²) in [5, 5.41) is 2.83. The molecule has 0 radical (unpaired) electrons. The van der Waals surface area contributed by atoms with Crippen molar-refractivity contribution in [3.8, 4) is 0 Å². The third-order valence-electron chi connectivity index (χ3n) is 3.05. The highest BCUT2D eigenvalue weighted by atomic mass is 19.4. The van der Waals surface area contributed by atoms with Gasteiger partial charge in [-0.15, -0.1) is 0 Å². The molecule has 0 saturated carbocycles. The molecule has 0 aromatic heterocycles. The van der Waals surface area contributed by atoms with Crippen LogP contribution in [-0.4, -0.2) is 12.7 Å². The standard InChI is InChI=1S/C14H17F6N/c1-2-21-12(8-5-9-13(15,16)17)10-6-3-4-7-11(10)14(18,19)20/h3-4,6-7,12,21H,2,5,8-9H2,1H3. The van der Waals surface area contributed by atoms with E-state index in [0.29, 0.717) is 6.54 Å². The van der Waals surface area contributed by atoms with Gasteiger partial charge in [-0.05, 0) is 31.0 Å². The first-order valence-electron chi connectivity index (χ1n) is 6.61. The van der Waals surface area contributed by atoms with E-state index in [1.165, 1.54) is 18.2 Å². The first-order chi connectivity index (χ1) is 9.65. The lowest BCUT2D eigenvalue weighted by Gasteiger charge is -2.22. The lowest BCUT2D eigenvalue weighted by atomic mass is 9.95. The van der Waals surface area contributed by atoms with Gasteiger partial charge in [0.2, 0.25) is 0 Å². The van der Waals surface area contributed by atoms with Crippen LogP contribution in [0.3, 0.4) is 0 Å². The van der Waals surface area contributed by atoms with Crippen LogP contribution in [0.25, 0.3) is 0 Å². The molecule has 1 aromatic carbocycles. The fourth-order valence-corrected chi connectivity index (χ4v) is 2.18. The summed E-state index contributed by atoms with van der Waals surface area (Å²) >= 11 is 0. The SMILES string of the molecule is CCNC(CCCC(F)(F)F)c1ccccc1C(F)(F)F. The predicted octanol–water partition coefficient (Wildman–Crippen LogP) is 5.09. The smallest absolute Gasteiger partial charge is 0.310 e. The largest absolute Gasteiger partial charge is 0.416 e. The molecule has 0 bridgehead atoms. The maximum Gasteiger partial charge on any atom is 0.416 e. The average Bonchev–Trinajstić information content (AvgIpc) is 2.35. The second kappa shape index (κ2) is 7.15. The number of halogens is 6. The molecule has 0 aliphatic rings. The molecule has 1 atom stereocenters. The minimum atomic E-state index is -4.52. The summed E-state index contributed by atoms with van der Waals surface area (Å²) < 4.78 is 75.3. The van der Waals surface area contributed by atoms with E-state index in [0.717, 1.165) is 6.07 Å². The van der Waals surface area contributed by atoms with E-state index < -0.39 is 30.4 Å². The first kappa shape index (κ1) is 17.8. The maximum absolute atomic E-state index is 13.0. The summed E-state index contributed by atoms with van der Waals surface area (Å²) in [6, 6.07) is 4.24. The summed E-state index contributed by atoms with van der Waals surface area (Å²) in [5.41, 5.74) is -0.808. The van der Waals surface area contributed by atoms with Crippen LogP contribution >= 0.6 is 0 Å². The van der Waals surface area contributed by atoms with Gasteiger partial charge in [-0.25, -0.2) is 0 Å². The van der Waals surface area contributed by atoms with Crippen molar-refractivity contribution in [3.63, 3.8) is 0 Å². The van der Waals surface area contributed by atoms with E-state index in [1.807, 2.05) is 0 Å². The monoisotopic (exact) mass is 313 g/mol. The molecule has 1 unspecified atom stereocenters. The second-order valence-corrected chi connectivity index (χ2v) is 4.70. The minimum absolute atomic E-state index is 0.000440. The van der Waals surface area contributed by atoms with E-state index in [1.54, 1.807) is 6.92 Å². The number of hydrogen-bond acceptors (Lipinski definition) is 1. The van der Waals surface area contributed by atoms with Crippen molar-refractivity contribution in [2.24, 2.45) is 0 Å². The molecule has 7 heteroatoms. The lowest BCUT2D eigenvalue weighted by Crippen LogP contribution is -2.24. The molecule has 0 saturated heterocycles. The summed E-state index contributed by atoms with van der Waals surface area (Å²) in [6.07, 6.45) is -10.0. The van der Waals surface area contributed by atoms with Gasteiger partial charge in [0.25, 0.3) is 0 Å². The van der Waals surface area contributed by atoms with E-state index in [-0.39, 0.29) is 18.4 Å². The van der Waals surface area contributed by atoms with E-state index in [2.05, 4.69) is 5.32 Å². The normalized spacial score (nSPS) is 14.2. The Morgan fingerprint density at radius 2 is 1.67 bits per heavy atom. The number of rotatable bonds is 6. The Kier molecular flexibility index (Phi) is 6.07. The highest BCUT2D eigenvalue weighted by Gasteiger charge is 2.35. The minimum Gasteiger partial charge on any atom is -0.310 e. The topological polar surface area (TPSA) is 12.0 Å². The van der Waals surface area contributed by atoms with E-state index in [4.69, 9.17) is 0 Å². The number of nitrogens with one attached hydrogen (secondary N) is 1. The molecular weight excluding hydrogens is 296 g/mol. The summed E-state index contributed by atoms with van der Waals surface area (Å²) in [5.74, 6) is 0. The Hall–Kier alpha value is -1.24. The van der Waals surface area contributed by atoms with Gasteiger partial charge in [0.1, 0.15) is 0 Å². The van der Waals surface area contributed by atoms with Crippen LogP contribution in [0.5, 0.6) is 0 Å². The highest BCUT2D eigenvalue weighted by Crippen LogP contribution is 2.36. The Bertz CT molecular complexity index is 438. The Morgan fingerprint density at radius 1 is 1.05 bits per heavy atom. The van der Waals surface area contributed by atoms with Crippen LogP contribution in [0.1, 0.15) is 43.4 Å². The molecule has 0 aliphatic heterocycles. The zero-order chi connectivity index (χ0) is 16.1. The second-order valence-electron chi connectivity index (χ2n) is 4.70. The molecule has 0 fully saturated rings. The van der Waals surface area contributed by atoms with Crippen molar-refractivity contribution in [1.29, 1.82) is 0 Å². The molecule has 0 heterocycles. The fraction of sp³-hybridized carbons (Fsp3) is 0.571. The van der Waals surface area contributed by atoms with Crippen molar-refractivity contribution in [1.82, 2.24) is 5.32 Å². The van der Waals surface area contributed by atoms with E-state index >= 15 is 0 Å². The zero-order valence-corrected chi connectivity index (χ0v) is 11.5. The summed E-state index contributed by atoms with van der Waals surface area (Å²) in [6.45, 7) is 2.08. The third-order valence-corrected chi connectivity index (χ3v) is 3.05. The van der Waals surface area contributed by atoms with Gasteiger partial charge in [-0.1, -0.05) is 25.1 Å². The molecule has 1 rings (SSSR count). The molecule has 1 N–H and O–H groups in total. The van der Waals surface area contributed by atoms with Gasteiger partial charge in [-0.3, -0.25) is 0 Å². The van der Waals surface area contributed by atoms with Crippen molar-refractivity contribution < 1.29 is 26.3 Å². The number of benzene rings is 1. The molecule has 1 nitrogen and oxygen atoms in total. The number of hydrogen-bond donors (Lipinski definition) is 1. The maximum atomic E-state index is 13.0. The first-order valence-corrected chi connectivity index (χ1v) is 6.61. The molecule has 1 aromatic rings. The van der Waals surface area contributed by atoms with Gasteiger partial charge >= 0.3 is 12.4 Å². The van der Waals surface area contributed by atoms with E-state index in [9.17, 15) is 26.3 Å². The zero-order valence-electron chi connectivity index (χ0n) is 11.5. The van der Waals surface area contributed by atoms with Gasteiger partial charge in [0.15, 0.2) is 0 Å². The highest BCUT2D eigenvalue weighted by molar-refractivity contribution is 5.32. The summed E-state index contributed by atoms with van der Waals surface area (Å²) in [7, 11) is 0. The van der Waals surface area contributed by atoms with Crippen molar-refractivity contribution in [2.75, 3.05) is 6.54 Å². The molecule has 0 amide bonds. The van der Waals surface area contributed by atoms with Crippen LogP contribution in [0.4, 0.5) is 26.3 Å². The van der Waals surface area contributed by atoms with Crippen LogP contribution in [0.2, 0.25) is 0 Å². The van der Waals surface area contributed by atoms with Crippen LogP contribution in [0, 0.1) is 0 Å².